The molecule has 3 atom stereocenters. The fourth-order valence-electron chi connectivity index (χ4n) is 9.47. The molecular weight excluding hydrogens is 696 g/mol. The number of nitrogens with one attached hydrogen (secondary N) is 2. The molecule has 284 valence electrons. The first kappa shape index (κ1) is 34.9. The molecule has 4 saturated heterocycles. The average Bonchev–Trinajstić information content (AvgIpc) is 3.77. The highest BCUT2D eigenvalue weighted by atomic mass is 19.1. The minimum absolute atomic E-state index is 0.0143. The van der Waals surface area contributed by atoms with Crippen molar-refractivity contribution < 1.29 is 28.3 Å². The summed E-state index contributed by atoms with van der Waals surface area (Å²) in [6.07, 6.45) is 4.11. The first-order chi connectivity index (χ1) is 26.2. The molecule has 9 rings (SSSR count). The molecule has 15 heteroatoms. The average molecular weight is 742 g/mol. The Labute approximate surface area is 312 Å². The Morgan fingerprint density at radius 2 is 1.63 bits per heavy atom. The summed E-state index contributed by atoms with van der Waals surface area (Å²) in [5, 5.41) is 24.4. The number of rotatable bonds is 7. The standard InChI is InChI=1S/C39H45F2N9O4/c40-26-14-30(36(52)31(41)15-26)32-16-34-37(45-44-32)42-17-28-22-47(11-12-49(28)34)18-23-5-8-46(9-6-23)19-24-7-10-48(20-24)27-1-2-29-25(13-27)21-50(39(29)54)33-3-4-35(51)43-38(33)53/h1-2,13-16,23-24,28,33,52H,3-12,17-22H2,(H,42,45)(H,43,51,53)/t24-,28-,33?/m0/s1. The topological polar surface area (TPSA) is 137 Å². The van der Waals surface area contributed by atoms with E-state index in [0.29, 0.717) is 42.2 Å². The summed E-state index contributed by atoms with van der Waals surface area (Å²) in [6.45, 7) is 10.1. The quantitative estimate of drug-likeness (QED) is 0.309. The fraction of sp³-hybridized carbons (Fsp3) is 0.513. The van der Waals surface area contributed by atoms with Crippen LogP contribution >= 0.6 is 0 Å². The number of anilines is 3. The molecule has 4 fully saturated rings. The third kappa shape index (κ3) is 6.61. The highest BCUT2D eigenvalue weighted by molar-refractivity contribution is 6.05. The van der Waals surface area contributed by atoms with Gasteiger partial charge in [0.1, 0.15) is 11.9 Å². The number of benzene rings is 2. The SMILES string of the molecule is O=C1CCC(N2Cc3cc(N4CC[C@@H](CN5CCC(CN6CCN7c8cc(-c9cc(F)cc(F)c9O)nnc8NC[C@H]7C6)CC5)C4)ccc3C2=O)C(=O)N1. The van der Waals surface area contributed by atoms with Gasteiger partial charge in [-0.15, -0.1) is 10.2 Å². The Bertz CT molecular complexity index is 1990. The number of amides is 3. The molecule has 0 aliphatic carbocycles. The summed E-state index contributed by atoms with van der Waals surface area (Å²) in [5.74, 6) is -1.38. The first-order valence-corrected chi connectivity index (χ1v) is 19.2. The number of halogens is 2. The van der Waals surface area contributed by atoms with E-state index in [1.807, 2.05) is 12.1 Å². The smallest absolute Gasteiger partial charge is 0.255 e. The van der Waals surface area contributed by atoms with Gasteiger partial charge < -0.3 is 30.0 Å². The number of hydrogen-bond acceptors (Lipinski definition) is 11. The van der Waals surface area contributed by atoms with Crippen molar-refractivity contribution in [3.63, 3.8) is 0 Å². The van der Waals surface area contributed by atoms with Crippen molar-refractivity contribution in [2.24, 2.45) is 11.8 Å². The molecule has 0 bridgehead atoms. The van der Waals surface area contributed by atoms with Crippen LogP contribution in [0.4, 0.5) is 26.0 Å². The third-order valence-corrected chi connectivity index (χ3v) is 12.4. The van der Waals surface area contributed by atoms with E-state index >= 15 is 0 Å². The number of aromatic nitrogens is 2. The van der Waals surface area contributed by atoms with Gasteiger partial charge in [-0.05, 0) is 86.5 Å². The molecular formula is C39H45F2N9O4. The van der Waals surface area contributed by atoms with E-state index < -0.39 is 23.4 Å². The van der Waals surface area contributed by atoms with Crippen LogP contribution in [0.15, 0.2) is 36.4 Å². The summed E-state index contributed by atoms with van der Waals surface area (Å²) >= 11 is 0. The van der Waals surface area contributed by atoms with E-state index in [0.717, 1.165) is 94.9 Å². The van der Waals surface area contributed by atoms with Crippen LogP contribution in [0.1, 0.15) is 48.0 Å². The molecule has 3 N–H and O–H groups in total. The summed E-state index contributed by atoms with van der Waals surface area (Å²) in [7, 11) is 0. The number of carbonyl (C=O) groups excluding carboxylic acids is 3. The molecule has 1 aromatic heterocycles. The molecule has 2 aromatic carbocycles. The molecule has 0 spiro atoms. The maximum atomic E-state index is 14.1. The van der Waals surface area contributed by atoms with Crippen molar-refractivity contribution in [1.29, 1.82) is 0 Å². The lowest BCUT2D eigenvalue weighted by Crippen LogP contribution is -2.58. The molecule has 3 amide bonds. The fourth-order valence-corrected chi connectivity index (χ4v) is 9.47. The number of nitrogens with zero attached hydrogens (tertiary/aromatic N) is 7. The summed E-state index contributed by atoms with van der Waals surface area (Å²) in [6, 6.07) is 9.16. The minimum atomic E-state index is -1.03. The molecule has 6 aliphatic rings. The van der Waals surface area contributed by atoms with E-state index in [-0.39, 0.29) is 41.4 Å². The van der Waals surface area contributed by atoms with Crippen molar-refractivity contribution in [2.45, 2.75) is 50.7 Å². The van der Waals surface area contributed by atoms with Gasteiger partial charge >= 0.3 is 0 Å². The highest BCUT2D eigenvalue weighted by Gasteiger charge is 2.40. The number of imide groups is 1. The van der Waals surface area contributed by atoms with Crippen molar-refractivity contribution in [3.8, 4) is 17.0 Å². The first-order valence-electron chi connectivity index (χ1n) is 19.2. The summed E-state index contributed by atoms with van der Waals surface area (Å²) < 4.78 is 28.0. The van der Waals surface area contributed by atoms with Crippen LogP contribution in [0.3, 0.4) is 0 Å². The monoisotopic (exact) mass is 741 g/mol. The van der Waals surface area contributed by atoms with Gasteiger partial charge in [0.15, 0.2) is 17.4 Å². The number of piperazine rings is 1. The van der Waals surface area contributed by atoms with E-state index in [1.54, 1.807) is 11.0 Å². The van der Waals surface area contributed by atoms with Crippen LogP contribution in [0.5, 0.6) is 5.75 Å². The van der Waals surface area contributed by atoms with Gasteiger partial charge in [0.05, 0.1) is 17.4 Å². The maximum absolute atomic E-state index is 14.1. The zero-order valence-electron chi connectivity index (χ0n) is 30.1. The number of phenols is 1. The Morgan fingerprint density at radius 1 is 0.815 bits per heavy atom. The molecule has 7 heterocycles. The number of hydrogen-bond donors (Lipinski definition) is 3. The van der Waals surface area contributed by atoms with Crippen LogP contribution in [-0.2, 0) is 16.1 Å². The van der Waals surface area contributed by atoms with Crippen LogP contribution in [0.25, 0.3) is 11.3 Å². The van der Waals surface area contributed by atoms with Gasteiger partial charge in [-0.2, -0.15) is 0 Å². The zero-order chi connectivity index (χ0) is 37.1. The van der Waals surface area contributed by atoms with Gasteiger partial charge in [-0.25, -0.2) is 8.78 Å². The van der Waals surface area contributed by atoms with Gasteiger partial charge in [0.2, 0.25) is 11.8 Å². The second-order valence-corrected chi connectivity index (χ2v) is 15.8. The number of likely N-dealkylation sites (tertiary alicyclic amines) is 1. The number of aromatic hydroxyl groups is 1. The second-order valence-electron chi connectivity index (χ2n) is 15.8. The molecule has 3 aromatic rings. The normalized spacial score (nSPS) is 25.0. The van der Waals surface area contributed by atoms with Crippen LogP contribution in [-0.4, -0.2) is 125 Å². The van der Waals surface area contributed by atoms with Crippen molar-refractivity contribution in [1.82, 2.24) is 30.2 Å². The van der Waals surface area contributed by atoms with Crippen LogP contribution in [0, 0.1) is 23.5 Å². The maximum Gasteiger partial charge on any atom is 0.255 e. The second kappa shape index (κ2) is 14.1. The lowest BCUT2D eigenvalue weighted by Gasteiger charge is -2.47. The van der Waals surface area contributed by atoms with Crippen molar-refractivity contribution >= 4 is 34.9 Å². The number of piperidine rings is 2. The molecule has 0 saturated carbocycles. The number of phenolic OH excluding ortho intramolecular Hbond substituents is 1. The van der Waals surface area contributed by atoms with Crippen molar-refractivity contribution in [2.75, 3.05) is 80.6 Å². The van der Waals surface area contributed by atoms with Crippen LogP contribution in [0.2, 0.25) is 0 Å². The highest BCUT2D eigenvalue weighted by Crippen LogP contribution is 2.38. The Hall–Kier alpha value is -4.89. The number of fused-ring (bicyclic) bond motifs is 4. The van der Waals surface area contributed by atoms with E-state index in [9.17, 15) is 28.3 Å². The molecule has 54 heavy (non-hydrogen) atoms. The predicted molar refractivity (Wildman–Crippen MR) is 197 cm³/mol. The predicted octanol–water partition coefficient (Wildman–Crippen LogP) is 3.04. The van der Waals surface area contributed by atoms with E-state index in [4.69, 9.17) is 0 Å². The Kier molecular flexibility index (Phi) is 9.08. The summed E-state index contributed by atoms with van der Waals surface area (Å²) in [4.78, 5) is 48.8. The largest absolute Gasteiger partial charge is 0.504 e. The molecule has 6 aliphatic heterocycles. The number of carbonyl (C=O) groups is 3. The Balaban J connectivity index is 0.744. The van der Waals surface area contributed by atoms with Crippen molar-refractivity contribution in [3.05, 3.63) is 59.2 Å². The van der Waals surface area contributed by atoms with Gasteiger partial charge in [-0.3, -0.25) is 24.6 Å². The third-order valence-electron chi connectivity index (χ3n) is 12.4. The Morgan fingerprint density at radius 3 is 2.46 bits per heavy atom. The van der Waals surface area contributed by atoms with E-state index in [1.165, 1.54) is 12.8 Å². The van der Waals surface area contributed by atoms with Crippen LogP contribution < -0.4 is 20.4 Å². The van der Waals surface area contributed by atoms with Gasteiger partial charge in [0.25, 0.3) is 5.91 Å². The molecule has 13 nitrogen and oxygen atoms in total. The minimum Gasteiger partial charge on any atom is -0.504 e. The lowest BCUT2D eigenvalue weighted by molar-refractivity contribution is -0.136. The molecule has 1 unspecified atom stereocenters. The zero-order valence-corrected chi connectivity index (χ0v) is 30.1. The van der Waals surface area contributed by atoms with Gasteiger partial charge in [0, 0.05) is 88.2 Å². The summed E-state index contributed by atoms with van der Waals surface area (Å²) in [5.41, 5.74) is 3.77. The lowest BCUT2D eigenvalue weighted by atomic mass is 9.94. The molecule has 0 radical (unpaired) electrons. The van der Waals surface area contributed by atoms with E-state index in [2.05, 4.69) is 46.5 Å². The van der Waals surface area contributed by atoms with Gasteiger partial charge in [-0.1, -0.05) is 0 Å².